The molecule has 7 nitrogen and oxygen atoms in total. The van der Waals surface area contributed by atoms with Gasteiger partial charge in [0.2, 0.25) is 0 Å². The minimum Gasteiger partial charge on any atom is -0.361 e. The number of aryl methyl sites for hydroxylation is 1. The third kappa shape index (κ3) is 2.79. The SMILES string of the molecule is CCC(CC)c1cc(CNc2ccc3nnc(C)n3n2)on1. The zero-order valence-corrected chi connectivity index (χ0v) is 13.1. The molecule has 0 bridgehead atoms. The van der Waals surface area contributed by atoms with Gasteiger partial charge in [-0.15, -0.1) is 15.3 Å². The molecule has 22 heavy (non-hydrogen) atoms. The summed E-state index contributed by atoms with van der Waals surface area (Å²) >= 11 is 0. The molecule has 3 heterocycles. The van der Waals surface area contributed by atoms with Crippen molar-refractivity contribution in [2.24, 2.45) is 0 Å². The first-order valence-electron chi connectivity index (χ1n) is 7.59. The number of aromatic nitrogens is 5. The molecule has 0 aliphatic carbocycles. The van der Waals surface area contributed by atoms with Gasteiger partial charge < -0.3 is 9.84 Å². The molecule has 7 heteroatoms. The van der Waals surface area contributed by atoms with E-state index in [0.717, 1.165) is 41.6 Å². The number of hydrogen-bond donors (Lipinski definition) is 1. The van der Waals surface area contributed by atoms with E-state index in [9.17, 15) is 0 Å². The van der Waals surface area contributed by atoms with Gasteiger partial charge in [0.05, 0.1) is 12.2 Å². The highest BCUT2D eigenvalue weighted by molar-refractivity contribution is 5.43. The average molecular weight is 300 g/mol. The molecule has 3 rings (SSSR count). The van der Waals surface area contributed by atoms with Crippen LogP contribution >= 0.6 is 0 Å². The van der Waals surface area contributed by atoms with Crippen LogP contribution in [0.15, 0.2) is 22.7 Å². The fraction of sp³-hybridized carbons (Fsp3) is 0.467. The predicted molar refractivity (Wildman–Crippen MR) is 82.7 cm³/mol. The predicted octanol–water partition coefficient (Wildman–Crippen LogP) is 2.94. The first-order chi connectivity index (χ1) is 10.7. The van der Waals surface area contributed by atoms with E-state index in [-0.39, 0.29) is 0 Å². The molecule has 0 saturated heterocycles. The van der Waals surface area contributed by atoms with Gasteiger partial charge in [-0.25, -0.2) is 0 Å². The van der Waals surface area contributed by atoms with E-state index in [1.165, 1.54) is 0 Å². The van der Waals surface area contributed by atoms with Gasteiger partial charge in [-0.2, -0.15) is 4.52 Å². The van der Waals surface area contributed by atoms with Crippen molar-refractivity contribution < 1.29 is 4.52 Å². The molecule has 0 aliphatic heterocycles. The van der Waals surface area contributed by atoms with E-state index in [0.29, 0.717) is 12.5 Å². The number of anilines is 1. The quantitative estimate of drug-likeness (QED) is 0.753. The van der Waals surface area contributed by atoms with Gasteiger partial charge in [0, 0.05) is 12.0 Å². The van der Waals surface area contributed by atoms with Crippen LogP contribution in [0.5, 0.6) is 0 Å². The Kier molecular flexibility index (Phi) is 4.04. The third-order valence-electron chi connectivity index (χ3n) is 3.84. The van der Waals surface area contributed by atoms with E-state index in [4.69, 9.17) is 4.52 Å². The second kappa shape index (κ2) is 6.13. The van der Waals surface area contributed by atoms with E-state index in [2.05, 4.69) is 39.6 Å². The second-order valence-corrected chi connectivity index (χ2v) is 5.32. The molecular formula is C15H20N6O. The Bertz CT molecular complexity index is 758. The van der Waals surface area contributed by atoms with Gasteiger partial charge in [-0.3, -0.25) is 0 Å². The first-order valence-corrected chi connectivity index (χ1v) is 7.59. The summed E-state index contributed by atoms with van der Waals surface area (Å²) in [6, 6.07) is 5.78. The van der Waals surface area contributed by atoms with Crippen LogP contribution in [0.3, 0.4) is 0 Å². The Morgan fingerprint density at radius 3 is 2.82 bits per heavy atom. The number of nitrogens with one attached hydrogen (secondary N) is 1. The normalized spacial score (nSPS) is 11.5. The summed E-state index contributed by atoms with van der Waals surface area (Å²) in [5, 5.41) is 19.8. The molecule has 3 aromatic rings. The standard InChI is InChI=1S/C15H20N6O/c1-4-11(5-2)13-8-12(22-20-13)9-16-14-6-7-15-18-17-10(3)21(15)19-14/h6-8,11H,4-5,9H2,1-3H3,(H,16,19). The molecule has 0 unspecified atom stereocenters. The Morgan fingerprint density at radius 1 is 1.23 bits per heavy atom. The molecule has 1 N–H and O–H groups in total. The fourth-order valence-electron chi connectivity index (χ4n) is 2.48. The summed E-state index contributed by atoms with van der Waals surface area (Å²) in [5.41, 5.74) is 1.76. The van der Waals surface area contributed by atoms with Crippen LogP contribution in [0.1, 0.15) is 49.9 Å². The summed E-state index contributed by atoms with van der Waals surface area (Å²) in [6.45, 7) is 6.75. The maximum Gasteiger partial charge on any atom is 0.178 e. The topological polar surface area (TPSA) is 81.1 Å². The van der Waals surface area contributed by atoms with Crippen LogP contribution in [-0.2, 0) is 6.54 Å². The lowest BCUT2D eigenvalue weighted by molar-refractivity contribution is 0.374. The smallest absolute Gasteiger partial charge is 0.178 e. The molecule has 0 atom stereocenters. The number of fused-ring (bicyclic) bond motifs is 1. The Labute approximate surface area is 128 Å². The monoisotopic (exact) mass is 300 g/mol. The van der Waals surface area contributed by atoms with Crippen molar-refractivity contribution in [1.82, 2.24) is 25.0 Å². The lowest BCUT2D eigenvalue weighted by Crippen LogP contribution is -2.04. The van der Waals surface area contributed by atoms with Gasteiger partial charge in [0.15, 0.2) is 17.2 Å². The van der Waals surface area contributed by atoms with Gasteiger partial charge in [0.1, 0.15) is 5.82 Å². The summed E-state index contributed by atoms with van der Waals surface area (Å²) < 4.78 is 7.10. The minimum atomic E-state index is 0.464. The molecule has 0 saturated carbocycles. The maximum atomic E-state index is 5.40. The minimum absolute atomic E-state index is 0.464. The molecule has 0 aromatic carbocycles. The van der Waals surface area contributed by atoms with Gasteiger partial charge in [-0.1, -0.05) is 19.0 Å². The molecule has 116 valence electrons. The Morgan fingerprint density at radius 2 is 2.05 bits per heavy atom. The molecule has 3 aromatic heterocycles. The molecular weight excluding hydrogens is 280 g/mol. The van der Waals surface area contributed by atoms with Gasteiger partial charge >= 0.3 is 0 Å². The number of nitrogens with zero attached hydrogens (tertiary/aromatic N) is 5. The van der Waals surface area contributed by atoms with E-state index in [1.54, 1.807) is 4.52 Å². The van der Waals surface area contributed by atoms with Crippen molar-refractivity contribution in [3.05, 3.63) is 35.5 Å². The van der Waals surface area contributed by atoms with Crippen molar-refractivity contribution in [2.45, 2.75) is 46.1 Å². The Hall–Kier alpha value is -2.44. The van der Waals surface area contributed by atoms with Crippen molar-refractivity contribution in [2.75, 3.05) is 5.32 Å². The summed E-state index contributed by atoms with van der Waals surface area (Å²) in [5.74, 6) is 2.78. The second-order valence-electron chi connectivity index (χ2n) is 5.32. The average Bonchev–Trinajstić information content (AvgIpc) is 3.14. The molecule has 0 amide bonds. The first kappa shape index (κ1) is 14.5. The lowest BCUT2D eigenvalue weighted by atomic mass is 9.99. The van der Waals surface area contributed by atoms with Crippen molar-refractivity contribution >= 4 is 11.5 Å². The molecule has 0 radical (unpaired) electrons. The van der Waals surface area contributed by atoms with Crippen molar-refractivity contribution in [1.29, 1.82) is 0 Å². The van der Waals surface area contributed by atoms with Crippen LogP contribution < -0.4 is 5.32 Å². The summed E-state index contributed by atoms with van der Waals surface area (Å²) in [7, 11) is 0. The van der Waals surface area contributed by atoms with Gasteiger partial charge in [-0.05, 0) is 31.9 Å². The van der Waals surface area contributed by atoms with Crippen LogP contribution in [-0.4, -0.2) is 25.0 Å². The van der Waals surface area contributed by atoms with Crippen LogP contribution in [0, 0.1) is 6.92 Å². The fourth-order valence-corrected chi connectivity index (χ4v) is 2.48. The summed E-state index contributed by atoms with van der Waals surface area (Å²) in [4.78, 5) is 0. The van der Waals surface area contributed by atoms with E-state index < -0.39 is 0 Å². The maximum absolute atomic E-state index is 5.40. The largest absolute Gasteiger partial charge is 0.361 e. The molecule has 0 spiro atoms. The number of hydrogen-bond acceptors (Lipinski definition) is 6. The molecule has 0 fully saturated rings. The molecule has 0 aliphatic rings. The highest BCUT2D eigenvalue weighted by Crippen LogP contribution is 2.22. The van der Waals surface area contributed by atoms with E-state index >= 15 is 0 Å². The third-order valence-corrected chi connectivity index (χ3v) is 3.84. The van der Waals surface area contributed by atoms with Crippen LogP contribution in [0.25, 0.3) is 5.65 Å². The Balaban J connectivity index is 1.69. The summed E-state index contributed by atoms with van der Waals surface area (Å²) in [6.07, 6.45) is 2.14. The van der Waals surface area contributed by atoms with Crippen LogP contribution in [0.4, 0.5) is 5.82 Å². The van der Waals surface area contributed by atoms with E-state index in [1.807, 2.05) is 25.1 Å². The van der Waals surface area contributed by atoms with Gasteiger partial charge in [0.25, 0.3) is 0 Å². The van der Waals surface area contributed by atoms with Crippen molar-refractivity contribution in [3.8, 4) is 0 Å². The zero-order chi connectivity index (χ0) is 15.5. The highest BCUT2D eigenvalue weighted by atomic mass is 16.5. The lowest BCUT2D eigenvalue weighted by Gasteiger charge is -2.06. The number of rotatable bonds is 6. The van der Waals surface area contributed by atoms with Crippen molar-refractivity contribution in [3.63, 3.8) is 0 Å². The van der Waals surface area contributed by atoms with Crippen LogP contribution in [0.2, 0.25) is 0 Å². The zero-order valence-electron chi connectivity index (χ0n) is 13.1. The highest BCUT2D eigenvalue weighted by Gasteiger charge is 2.13.